The van der Waals surface area contributed by atoms with Crippen LogP contribution in [0.25, 0.3) is 76.1 Å². The van der Waals surface area contributed by atoms with E-state index in [4.69, 9.17) is 0 Å². The summed E-state index contributed by atoms with van der Waals surface area (Å²) in [5.41, 5.74) is 17.2. The van der Waals surface area contributed by atoms with E-state index in [-0.39, 0.29) is 10.8 Å². The van der Waals surface area contributed by atoms with Crippen LogP contribution in [0.4, 0.5) is 34.1 Å². The lowest BCUT2D eigenvalue weighted by Gasteiger charge is -2.30. The van der Waals surface area contributed by atoms with Crippen LogP contribution in [0.15, 0.2) is 231 Å². The molecule has 2 heteroatoms. The van der Waals surface area contributed by atoms with Gasteiger partial charge < -0.3 is 9.80 Å². The van der Waals surface area contributed by atoms with Crippen molar-refractivity contribution in [2.45, 2.75) is 38.5 Å². The zero-order chi connectivity index (χ0) is 46.9. The first-order valence-electron chi connectivity index (χ1n) is 24.7. The van der Waals surface area contributed by atoms with Crippen LogP contribution >= 0.6 is 0 Å². The van der Waals surface area contributed by atoms with Crippen molar-refractivity contribution in [2.24, 2.45) is 0 Å². The lowest BCUT2D eigenvalue weighted by molar-refractivity contribution is 0.662. The second-order valence-corrected chi connectivity index (χ2v) is 20.4. The zero-order valence-electron chi connectivity index (χ0n) is 39.8. The molecule has 332 valence electrons. The Morgan fingerprint density at radius 2 is 0.600 bits per heavy atom. The van der Waals surface area contributed by atoms with Crippen LogP contribution in [0.2, 0.25) is 0 Å². The van der Waals surface area contributed by atoms with Gasteiger partial charge in [-0.15, -0.1) is 0 Å². The van der Waals surface area contributed by atoms with Gasteiger partial charge in [-0.1, -0.05) is 185 Å². The highest BCUT2D eigenvalue weighted by molar-refractivity contribution is 6.21. The SMILES string of the molecule is CC1(C)c2cccc3cc(-c4ccc(N(c5ccccc5)c5ccc(N(c6ccccc6)c6ccc(-c7cc8cccc9c8c8c(cccc78)C9(C)C)cc6)c6ccccc56)cc4)c4cccc1c4c23. The van der Waals surface area contributed by atoms with E-state index in [0.29, 0.717) is 0 Å². The Kier molecular flexibility index (Phi) is 8.71. The van der Waals surface area contributed by atoms with E-state index in [0.717, 1.165) is 34.1 Å². The molecular weight excluding hydrogens is 845 g/mol. The van der Waals surface area contributed by atoms with E-state index in [1.807, 2.05) is 0 Å². The summed E-state index contributed by atoms with van der Waals surface area (Å²) >= 11 is 0. The van der Waals surface area contributed by atoms with Crippen molar-refractivity contribution in [3.63, 3.8) is 0 Å². The minimum absolute atomic E-state index is 0.0337. The zero-order valence-corrected chi connectivity index (χ0v) is 39.8. The Hall–Kier alpha value is -8.46. The standard InChI is InChI=1S/C68H50N2/c1-67(2)57-27-13-17-45-41-55(53-25-15-29-59(67)65(53)63(45)57)43-31-35-49(36-32-43)69(47-19-7-5-8-20-47)61-39-40-62(52-24-12-11-23-51(52)61)70(48-21-9-6-10-22-48)50-37-33-44(34-38-50)56-42-46-18-14-28-58-64(46)66-54(56)26-16-30-60(66)68(58,3)4/h5-42H,1-4H3. The molecule has 0 fully saturated rings. The fourth-order valence-electron chi connectivity index (χ4n) is 12.6. The van der Waals surface area contributed by atoms with Gasteiger partial charge in [-0.2, -0.15) is 0 Å². The molecule has 0 spiro atoms. The summed E-state index contributed by atoms with van der Waals surface area (Å²) in [4.78, 5) is 4.83. The number of nitrogens with zero attached hydrogens (tertiary/aromatic N) is 2. The monoisotopic (exact) mass is 894 g/mol. The quantitative estimate of drug-likeness (QED) is 0.140. The molecule has 2 aliphatic carbocycles. The van der Waals surface area contributed by atoms with Crippen molar-refractivity contribution in [3.8, 4) is 22.3 Å². The van der Waals surface area contributed by atoms with E-state index in [1.165, 1.54) is 98.4 Å². The second-order valence-electron chi connectivity index (χ2n) is 20.4. The van der Waals surface area contributed by atoms with Crippen LogP contribution in [0.5, 0.6) is 0 Å². The molecule has 2 nitrogen and oxygen atoms in total. The number of benzene rings is 12. The van der Waals surface area contributed by atoms with Gasteiger partial charge in [-0.25, -0.2) is 0 Å². The molecule has 0 atom stereocenters. The predicted molar refractivity (Wildman–Crippen MR) is 298 cm³/mol. The van der Waals surface area contributed by atoms with Gasteiger partial charge in [0.1, 0.15) is 0 Å². The molecular formula is C68H50N2. The fourth-order valence-corrected chi connectivity index (χ4v) is 12.6. The van der Waals surface area contributed by atoms with Crippen molar-refractivity contribution >= 4 is 88.0 Å². The summed E-state index contributed by atoms with van der Waals surface area (Å²) in [5.74, 6) is 0. The maximum atomic E-state index is 2.41. The molecule has 12 aromatic rings. The van der Waals surface area contributed by atoms with Gasteiger partial charge in [0, 0.05) is 44.4 Å². The van der Waals surface area contributed by atoms with E-state index in [1.54, 1.807) is 0 Å². The molecule has 0 bridgehead atoms. The number of fused-ring (bicyclic) bond motifs is 1. The van der Waals surface area contributed by atoms with Gasteiger partial charge in [-0.3, -0.25) is 0 Å². The molecule has 2 aliphatic rings. The first kappa shape index (κ1) is 40.6. The summed E-state index contributed by atoms with van der Waals surface area (Å²) in [7, 11) is 0. The lowest BCUT2D eigenvalue weighted by atomic mass is 9.82. The molecule has 0 aromatic heterocycles. The van der Waals surface area contributed by atoms with Gasteiger partial charge in [0.05, 0.1) is 11.4 Å². The topological polar surface area (TPSA) is 6.48 Å². The van der Waals surface area contributed by atoms with Crippen molar-refractivity contribution in [1.29, 1.82) is 0 Å². The number of hydrogen-bond acceptors (Lipinski definition) is 2. The normalized spacial score (nSPS) is 13.9. The van der Waals surface area contributed by atoms with Gasteiger partial charge in [0.25, 0.3) is 0 Å². The lowest BCUT2D eigenvalue weighted by Crippen LogP contribution is -2.14. The van der Waals surface area contributed by atoms with E-state index in [2.05, 4.69) is 268 Å². The van der Waals surface area contributed by atoms with Crippen molar-refractivity contribution in [2.75, 3.05) is 9.80 Å². The third kappa shape index (κ3) is 5.80. The van der Waals surface area contributed by atoms with Gasteiger partial charge in [0.2, 0.25) is 0 Å². The Morgan fingerprint density at radius 1 is 0.271 bits per heavy atom. The van der Waals surface area contributed by atoms with Crippen LogP contribution in [-0.2, 0) is 10.8 Å². The molecule has 0 amide bonds. The van der Waals surface area contributed by atoms with E-state index in [9.17, 15) is 0 Å². The minimum Gasteiger partial charge on any atom is -0.310 e. The summed E-state index contributed by atoms with van der Waals surface area (Å²) < 4.78 is 0. The maximum absolute atomic E-state index is 2.41. The summed E-state index contributed by atoms with van der Waals surface area (Å²) in [6, 6.07) is 85.8. The number of anilines is 6. The van der Waals surface area contributed by atoms with Crippen molar-refractivity contribution in [1.82, 2.24) is 0 Å². The smallest absolute Gasteiger partial charge is 0.0541 e. The largest absolute Gasteiger partial charge is 0.310 e. The molecule has 70 heavy (non-hydrogen) atoms. The van der Waals surface area contributed by atoms with Gasteiger partial charge >= 0.3 is 0 Å². The molecule has 0 aliphatic heterocycles. The molecule has 0 N–H and O–H groups in total. The third-order valence-electron chi connectivity index (χ3n) is 16.0. The molecule has 14 rings (SSSR count). The molecule has 0 unspecified atom stereocenters. The fraction of sp³-hybridized carbons (Fsp3) is 0.0882. The molecule has 12 aromatic carbocycles. The van der Waals surface area contributed by atoms with Crippen LogP contribution in [0.1, 0.15) is 49.9 Å². The van der Waals surface area contributed by atoms with Crippen molar-refractivity contribution < 1.29 is 0 Å². The summed E-state index contributed by atoms with van der Waals surface area (Å²) in [5, 5.41) is 13.2. The number of rotatable bonds is 8. The van der Waals surface area contributed by atoms with Gasteiger partial charge in [-0.05, 0) is 160 Å². The van der Waals surface area contributed by atoms with E-state index < -0.39 is 0 Å². The highest BCUT2D eigenvalue weighted by Crippen LogP contribution is 2.53. The Labute approximate surface area is 409 Å². The van der Waals surface area contributed by atoms with Crippen LogP contribution in [-0.4, -0.2) is 0 Å². The van der Waals surface area contributed by atoms with Crippen LogP contribution in [0.3, 0.4) is 0 Å². The van der Waals surface area contributed by atoms with Gasteiger partial charge in [0.15, 0.2) is 0 Å². The van der Waals surface area contributed by atoms with Crippen LogP contribution < -0.4 is 9.80 Å². The first-order chi connectivity index (χ1) is 34.3. The Balaban J connectivity index is 0.884. The highest BCUT2D eigenvalue weighted by atomic mass is 15.2. The first-order valence-corrected chi connectivity index (χ1v) is 24.7. The molecule has 0 radical (unpaired) electrons. The highest BCUT2D eigenvalue weighted by Gasteiger charge is 2.36. The Morgan fingerprint density at radius 3 is 1.00 bits per heavy atom. The third-order valence-corrected chi connectivity index (χ3v) is 16.0. The van der Waals surface area contributed by atoms with Crippen molar-refractivity contribution in [3.05, 3.63) is 253 Å². The number of para-hydroxylation sites is 2. The minimum atomic E-state index is -0.0337. The van der Waals surface area contributed by atoms with Crippen LogP contribution in [0, 0.1) is 0 Å². The molecule has 0 saturated heterocycles. The molecule has 0 saturated carbocycles. The predicted octanol–water partition coefficient (Wildman–Crippen LogP) is 19.0. The summed E-state index contributed by atoms with van der Waals surface area (Å²) in [6.07, 6.45) is 0. The van der Waals surface area contributed by atoms with E-state index >= 15 is 0 Å². The molecule has 0 heterocycles. The Bertz CT molecular complexity index is 3820. The number of hydrogen-bond donors (Lipinski definition) is 0. The maximum Gasteiger partial charge on any atom is 0.0541 e. The summed E-state index contributed by atoms with van der Waals surface area (Å²) in [6.45, 7) is 9.47. The average molecular weight is 895 g/mol. The second kappa shape index (κ2) is 15.0. The average Bonchev–Trinajstić information content (AvgIpc) is 3.80.